The van der Waals surface area contributed by atoms with Gasteiger partial charge in [-0.3, -0.25) is 4.99 Å². The number of unbranched alkanes of at least 4 members (excludes halogenated alkanes) is 1. The fraction of sp³-hybridized carbons (Fsp3) is 0.381. The van der Waals surface area contributed by atoms with Gasteiger partial charge in [0.25, 0.3) is 0 Å². The van der Waals surface area contributed by atoms with Crippen LogP contribution in [0, 0.1) is 0 Å². The van der Waals surface area contributed by atoms with Gasteiger partial charge in [-0.25, -0.2) is 0 Å². The Bertz CT molecular complexity index is 693. The molecule has 1 aromatic carbocycles. The van der Waals surface area contributed by atoms with Gasteiger partial charge in [0.15, 0.2) is 0 Å². The first-order chi connectivity index (χ1) is 12.2. The van der Waals surface area contributed by atoms with Gasteiger partial charge >= 0.3 is 0 Å². The van der Waals surface area contributed by atoms with Crippen LogP contribution >= 0.6 is 0 Å². The molecular weight excluding hydrogens is 308 g/mol. The molecule has 1 saturated carbocycles. The highest BCUT2D eigenvalue weighted by atomic mass is 15.3. The van der Waals surface area contributed by atoms with Crippen LogP contribution in [0.4, 0.5) is 0 Å². The molecule has 0 unspecified atom stereocenters. The van der Waals surface area contributed by atoms with Crippen molar-refractivity contribution in [3.05, 3.63) is 71.8 Å². The molecule has 1 aromatic rings. The first-order valence-corrected chi connectivity index (χ1v) is 9.14. The average molecular weight is 336 g/mol. The quantitative estimate of drug-likeness (QED) is 0.605. The van der Waals surface area contributed by atoms with E-state index in [2.05, 4.69) is 83.7 Å². The smallest absolute Gasteiger partial charge is 0.125 e. The second-order valence-corrected chi connectivity index (χ2v) is 6.72. The molecule has 1 aliphatic heterocycles. The standard InChI is InChI=1S/C21H28N4/c1-3-4-5-6-7-20-24(2)14-15-25(20)16-17-8-10-18(11-9-17)21(22)23-19-12-13-19/h5-11,14-15,19H,3-4,12-13,16H2,1-2H3,(H2,22,23)/b6-5-,20-7+. The number of rotatable bonds is 7. The molecule has 25 heavy (non-hydrogen) atoms. The number of amidine groups is 1. The third-order valence-corrected chi connectivity index (χ3v) is 4.43. The lowest BCUT2D eigenvalue weighted by Gasteiger charge is -2.22. The van der Waals surface area contributed by atoms with Crippen LogP contribution < -0.4 is 5.73 Å². The summed E-state index contributed by atoms with van der Waals surface area (Å²) in [7, 11) is 2.08. The van der Waals surface area contributed by atoms with Gasteiger partial charge < -0.3 is 15.5 Å². The maximum absolute atomic E-state index is 6.07. The van der Waals surface area contributed by atoms with Crippen molar-refractivity contribution >= 4 is 5.84 Å². The molecule has 1 heterocycles. The molecule has 1 fully saturated rings. The highest BCUT2D eigenvalue weighted by Gasteiger charge is 2.20. The zero-order valence-electron chi connectivity index (χ0n) is 15.2. The molecule has 0 bridgehead atoms. The molecule has 0 amide bonds. The minimum Gasteiger partial charge on any atom is -0.383 e. The Balaban J connectivity index is 1.65. The molecule has 132 valence electrons. The van der Waals surface area contributed by atoms with Crippen LogP contribution in [-0.4, -0.2) is 28.7 Å². The Morgan fingerprint density at radius 3 is 2.68 bits per heavy atom. The lowest BCUT2D eigenvalue weighted by Crippen LogP contribution is -2.20. The van der Waals surface area contributed by atoms with Gasteiger partial charge in [-0.05, 0) is 30.9 Å². The summed E-state index contributed by atoms with van der Waals surface area (Å²) in [5.74, 6) is 1.85. The normalized spacial score (nSPS) is 19.6. The van der Waals surface area contributed by atoms with E-state index >= 15 is 0 Å². The molecular formula is C21H28N4. The molecule has 2 aliphatic rings. The molecule has 0 saturated heterocycles. The summed E-state index contributed by atoms with van der Waals surface area (Å²) >= 11 is 0. The van der Waals surface area contributed by atoms with Crippen molar-refractivity contribution in [2.75, 3.05) is 7.05 Å². The van der Waals surface area contributed by atoms with E-state index in [4.69, 9.17) is 5.73 Å². The molecule has 0 spiro atoms. The van der Waals surface area contributed by atoms with Crippen LogP contribution in [0.1, 0.15) is 43.7 Å². The van der Waals surface area contributed by atoms with Crippen LogP contribution in [-0.2, 0) is 6.54 Å². The van der Waals surface area contributed by atoms with Crippen molar-refractivity contribution in [2.24, 2.45) is 10.7 Å². The van der Waals surface area contributed by atoms with Gasteiger partial charge in [-0.2, -0.15) is 0 Å². The van der Waals surface area contributed by atoms with E-state index in [0.717, 1.165) is 18.5 Å². The van der Waals surface area contributed by atoms with Gasteiger partial charge in [0.2, 0.25) is 0 Å². The number of hydrogen-bond acceptors (Lipinski definition) is 3. The van der Waals surface area contributed by atoms with Crippen LogP contribution in [0.5, 0.6) is 0 Å². The van der Waals surface area contributed by atoms with E-state index in [-0.39, 0.29) is 0 Å². The maximum Gasteiger partial charge on any atom is 0.125 e. The SMILES string of the molecule is CCC/C=C\C=C1/N(C)C=CN1Cc1ccc(C(N)=NC2CC2)cc1. The Labute approximate surface area is 151 Å². The molecule has 3 rings (SSSR count). The third kappa shape index (κ3) is 4.75. The van der Waals surface area contributed by atoms with Crippen LogP contribution in [0.2, 0.25) is 0 Å². The van der Waals surface area contributed by atoms with E-state index in [0.29, 0.717) is 11.9 Å². The van der Waals surface area contributed by atoms with Crippen molar-refractivity contribution < 1.29 is 0 Å². The van der Waals surface area contributed by atoms with E-state index in [1.165, 1.54) is 30.6 Å². The molecule has 1 aliphatic carbocycles. The Hall–Kier alpha value is -2.49. The topological polar surface area (TPSA) is 44.9 Å². The minimum absolute atomic E-state index is 0.457. The number of hydrogen-bond donors (Lipinski definition) is 1. The van der Waals surface area contributed by atoms with Gasteiger partial charge in [0.1, 0.15) is 11.7 Å². The van der Waals surface area contributed by atoms with Crippen LogP contribution in [0.25, 0.3) is 0 Å². The van der Waals surface area contributed by atoms with E-state index < -0.39 is 0 Å². The second kappa shape index (κ2) is 8.06. The summed E-state index contributed by atoms with van der Waals surface area (Å²) in [6.45, 7) is 3.03. The van der Waals surface area contributed by atoms with E-state index in [1.807, 2.05) is 0 Å². The van der Waals surface area contributed by atoms with E-state index in [1.54, 1.807) is 0 Å². The predicted molar refractivity (Wildman–Crippen MR) is 105 cm³/mol. The highest BCUT2D eigenvalue weighted by Crippen LogP contribution is 2.24. The predicted octanol–water partition coefficient (Wildman–Crippen LogP) is 3.97. The second-order valence-electron chi connectivity index (χ2n) is 6.72. The van der Waals surface area contributed by atoms with Crippen molar-refractivity contribution in [2.45, 2.75) is 45.2 Å². The number of nitrogens with two attached hydrogens (primary N) is 1. The first-order valence-electron chi connectivity index (χ1n) is 9.14. The summed E-state index contributed by atoms with van der Waals surface area (Å²) in [5, 5.41) is 0. The molecule has 4 heteroatoms. The van der Waals surface area contributed by atoms with Gasteiger partial charge in [-0.15, -0.1) is 0 Å². The number of allylic oxidation sites excluding steroid dienone is 3. The van der Waals surface area contributed by atoms with E-state index in [9.17, 15) is 0 Å². The third-order valence-electron chi connectivity index (χ3n) is 4.43. The van der Waals surface area contributed by atoms with Crippen molar-refractivity contribution in [1.82, 2.24) is 9.80 Å². The Morgan fingerprint density at radius 1 is 1.24 bits per heavy atom. The maximum atomic E-state index is 6.07. The number of nitrogens with zero attached hydrogens (tertiary/aromatic N) is 3. The first kappa shape index (κ1) is 17.3. The summed E-state index contributed by atoms with van der Waals surface area (Å²) in [4.78, 5) is 8.91. The fourth-order valence-electron chi connectivity index (χ4n) is 2.75. The summed E-state index contributed by atoms with van der Waals surface area (Å²) in [5.41, 5.74) is 8.35. The highest BCUT2D eigenvalue weighted by molar-refractivity contribution is 5.97. The van der Waals surface area contributed by atoms with Crippen LogP contribution in [0.15, 0.2) is 65.7 Å². The molecule has 0 radical (unpaired) electrons. The minimum atomic E-state index is 0.457. The zero-order chi connectivity index (χ0) is 17.6. The molecule has 0 aromatic heterocycles. The van der Waals surface area contributed by atoms with Crippen molar-refractivity contribution in [1.29, 1.82) is 0 Å². The molecule has 2 N–H and O–H groups in total. The lowest BCUT2D eigenvalue weighted by atomic mass is 10.1. The number of aliphatic imine (C=N–C) groups is 1. The summed E-state index contributed by atoms with van der Waals surface area (Å²) in [6.07, 6.45) is 15.4. The zero-order valence-corrected chi connectivity index (χ0v) is 15.2. The monoisotopic (exact) mass is 336 g/mol. The van der Waals surface area contributed by atoms with Gasteiger partial charge in [0.05, 0.1) is 6.04 Å². The van der Waals surface area contributed by atoms with Crippen molar-refractivity contribution in [3.63, 3.8) is 0 Å². The number of benzene rings is 1. The largest absolute Gasteiger partial charge is 0.383 e. The fourth-order valence-corrected chi connectivity index (χ4v) is 2.75. The lowest BCUT2D eigenvalue weighted by molar-refractivity contribution is 0.387. The average Bonchev–Trinajstić information content (AvgIpc) is 3.37. The molecule has 0 atom stereocenters. The van der Waals surface area contributed by atoms with Crippen molar-refractivity contribution in [3.8, 4) is 0 Å². The van der Waals surface area contributed by atoms with Gasteiger partial charge in [-0.1, -0.05) is 49.8 Å². The summed E-state index contributed by atoms with van der Waals surface area (Å²) in [6, 6.07) is 8.89. The Kier molecular flexibility index (Phi) is 5.59. The Morgan fingerprint density at radius 2 is 2.00 bits per heavy atom. The van der Waals surface area contributed by atoms with Gasteiger partial charge in [0, 0.05) is 31.6 Å². The van der Waals surface area contributed by atoms with Crippen LogP contribution in [0.3, 0.4) is 0 Å². The summed E-state index contributed by atoms with van der Waals surface area (Å²) < 4.78 is 0. The molecule has 4 nitrogen and oxygen atoms in total.